The molecule has 1 fully saturated rings. The Bertz CT molecular complexity index is 609. The highest BCUT2D eigenvalue weighted by atomic mass is 16.5. The van der Waals surface area contributed by atoms with Crippen LogP contribution in [0.15, 0.2) is 28.8 Å². The van der Waals surface area contributed by atoms with Crippen molar-refractivity contribution in [2.24, 2.45) is 5.92 Å². The highest BCUT2D eigenvalue weighted by Gasteiger charge is 2.27. The van der Waals surface area contributed by atoms with E-state index in [1.54, 1.807) is 0 Å². The number of nitrogens with zero attached hydrogens (tertiary/aromatic N) is 3. The lowest BCUT2D eigenvalue weighted by atomic mass is 10.0. The van der Waals surface area contributed by atoms with Crippen LogP contribution in [-0.2, 0) is 6.54 Å². The summed E-state index contributed by atoms with van der Waals surface area (Å²) in [6.45, 7) is 6.41. The number of rotatable bonds is 4. The predicted octanol–water partition coefficient (Wildman–Crippen LogP) is 2.25. The van der Waals surface area contributed by atoms with Gasteiger partial charge in [0.05, 0.1) is 12.6 Å². The first-order valence-electron chi connectivity index (χ1n) is 7.42. The van der Waals surface area contributed by atoms with E-state index in [1.165, 1.54) is 0 Å². The lowest BCUT2D eigenvalue weighted by Gasteiger charge is -2.15. The van der Waals surface area contributed by atoms with Crippen molar-refractivity contribution in [3.8, 4) is 11.4 Å². The van der Waals surface area contributed by atoms with Gasteiger partial charge in [0.15, 0.2) is 0 Å². The third kappa shape index (κ3) is 3.14. The zero-order valence-corrected chi connectivity index (χ0v) is 12.5. The Morgan fingerprint density at radius 1 is 1.43 bits per heavy atom. The largest absolute Gasteiger partial charge is 0.393 e. The zero-order chi connectivity index (χ0) is 14.8. The van der Waals surface area contributed by atoms with Crippen molar-refractivity contribution in [2.75, 3.05) is 13.1 Å². The van der Waals surface area contributed by atoms with E-state index < -0.39 is 0 Å². The van der Waals surface area contributed by atoms with Crippen molar-refractivity contribution in [2.45, 2.75) is 32.9 Å². The van der Waals surface area contributed by atoms with Crippen LogP contribution in [0, 0.1) is 12.8 Å². The van der Waals surface area contributed by atoms with E-state index in [0.29, 0.717) is 24.2 Å². The summed E-state index contributed by atoms with van der Waals surface area (Å²) >= 11 is 0. The van der Waals surface area contributed by atoms with Crippen molar-refractivity contribution >= 4 is 0 Å². The predicted molar refractivity (Wildman–Crippen MR) is 79.5 cm³/mol. The van der Waals surface area contributed by atoms with Crippen LogP contribution in [0.1, 0.15) is 24.8 Å². The van der Waals surface area contributed by atoms with Gasteiger partial charge in [-0.25, -0.2) is 0 Å². The second-order valence-corrected chi connectivity index (χ2v) is 5.85. The molecule has 5 heteroatoms. The van der Waals surface area contributed by atoms with Gasteiger partial charge in [0.2, 0.25) is 11.7 Å². The molecule has 1 aliphatic heterocycles. The molecule has 0 bridgehead atoms. The number of aryl methyl sites for hydroxylation is 1. The van der Waals surface area contributed by atoms with Gasteiger partial charge in [-0.05, 0) is 38.3 Å². The van der Waals surface area contributed by atoms with Crippen LogP contribution in [0.3, 0.4) is 0 Å². The fourth-order valence-corrected chi connectivity index (χ4v) is 2.84. The van der Waals surface area contributed by atoms with E-state index in [0.717, 1.165) is 30.6 Å². The maximum atomic E-state index is 9.64. The second kappa shape index (κ2) is 5.95. The number of aromatic nitrogens is 2. The van der Waals surface area contributed by atoms with Gasteiger partial charge < -0.3 is 9.63 Å². The molecule has 1 aromatic heterocycles. The van der Waals surface area contributed by atoms with Crippen molar-refractivity contribution in [3.63, 3.8) is 0 Å². The standard InChI is InChI=1S/C16H21N3O2/c1-11-5-3-4-6-14(11)16-17-15(21-18-16)10-19-8-7-13(9-19)12(2)20/h3-6,12-13,20H,7-10H2,1-2H3. The third-order valence-corrected chi connectivity index (χ3v) is 4.20. The minimum Gasteiger partial charge on any atom is -0.393 e. The molecule has 0 radical (unpaired) electrons. The summed E-state index contributed by atoms with van der Waals surface area (Å²) in [7, 11) is 0. The smallest absolute Gasteiger partial charge is 0.241 e. The molecule has 2 unspecified atom stereocenters. The molecule has 5 nitrogen and oxygen atoms in total. The summed E-state index contributed by atoms with van der Waals surface area (Å²) in [5.74, 6) is 1.64. The molecule has 2 heterocycles. The van der Waals surface area contributed by atoms with Crippen LogP contribution >= 0.6 is 0 Å². The number of likely N-dealkylation sites (tertiary alicyclic amines) is 1. The van der Waals surface area contributed by atoms with Gasteiger partial charge in [-0.2, -0.15) is 4.98 Å². The van der Waals surface area contributed by atoms with Crippen LogP contribution in [0.25, 0.3) is 11.4 Å². The molecule has 0 spiro atoms. The fraction of sp³-hybridized carbons (Fsp3) is 0.500. The van der Waals surface area contributed by atoms with Gasteiger partial charge in [-0.3, -0.25) is 4.90 Å². The van der Waals surface area contributed by atoms with E-state index in [1.807, 2.05) is 38.1 Å². The molecule has 1 saturated heterocycles. The minimum atomic E-state index is -0.250. The summed E-state index contributed by atoms with van der Waals surface area (Å²) in [4.78, 5) is 6.75. The monoisotopic (exact) mass is 287 g/mol. The van der Waals surface area contributed by atoms with E-state index in [4.69, 9.17) is 4.52 Å². The van der Waals surface area contributed by atoms with Crippen molar-refractivity contribution < 1.29 is 9.63 Å². The van der Waals surface area contributed by atoms with Crippen LogP contribution in [0.2, 0.25) is 0 Å². The lowest BCUT2D eigenvalue weighted by molar-refractivity contribution is 0.125. The number of aliphatic hydroxyl groups is 1. The van der Waals surface area contributed by atoms with Gasteiger partial charge in [-0.15, -0.1) is 0 Å². The first kappa shape index (κ1) is 14.2. The van der Waals surface area contributed by atoms with E-state index in [2.05, 4.69) is 15.0 Å². The first-order chi connectivity index (χ1) is 10.1. The normalized spacial score (nSPS) is 20.8. The number of aliphatic hydroxyl groups excluding tert-OH is 1. The lowest BCUT2D eigenvalue weighted by Crippen LogP contribution is -2.24. The fourth-order valence-electron chi connectivity index (χ4n) is 2.84. The number of hydrogen-bond acceptors (Lipinski definition) is 5. The Balaban J connectivity index is 1.68. The molecule has 3 rings (SSSR count). The summed E-state index contributed by atoms with van der Waals surface area (Å²) in [6.07, 6.45) is 0.774. The quantitative estimate of drug-likeness (QED) is 0.934. The van der Waals surface area contributed by atoms with Gasteiger partial charge in [0, 0.05) is 12.1 Å². The molecule has 1 aromatic carbocycles. The highest BCUT2D eigenvalue weighted by Crippen LogP contribution is 2.23. The molecule has 0 amide bonds. The van der Waals surface area contributed by atoms with Crippen LogP contribution in [0.5, 0.6) is 0 Å². The molecule has 1 N–H and O–H groups in total. The summed E-state index contributed by atoms with van der Waals surface area (Å²) in [5, 5.41) is 13.7. The average Bonchev–Trinajstić information content (AvgIpc) is 3.09. The zero-order valence-electron chi connectivity index (χ0n) is 12.5. The van der Waals surface area contributed by atoms with E-state index in [9.17, 15) is 5.11 Å². The summed E-state index contributed by atoms with van der Waals surface area (Å²) in [6, 6.07) is 8.02. The SMILES string of the molecule is Cc1ccccc1-c1noc(CN2CCC(C(C)O)C2)n1. The van der Waals surface area contributed by atoms with Crippen molar-refractivity contribution in [3.05, 3.63) is 35.7 Å². The van der Waals surface area contributed by atoms with E-state index >= 15 is 0 Å². The average molecular weight is 287 g/mol. The molecule has 2 atom stereocenters. The van der Waals surface area contributed by atoms with Crippen LogP contribution in [0.4, 0.5) is 0 Å². The van der Waals surface area contributed by atoms with Crippen LogP contribution in [-0.4, -0.2) is 39.3 Å². The van der Waals surface area contributed by atoms with Gasteiger partial charge >= 0.3 is 0 Å². The minimum absolute atomic E-state index is 0.250. The van der Waals surface area contributed by atoms with Gasteiger partial charge in [-0.1, -0.05) is 29.4 Å². The summed E-state index contributed by atoms with van der Waals surface area (Å²) < 4.78 is 5.37. The Morgan fingerprint density at radius 2 is 2.24 bits per heavy atom. The van der Waals surface area contributed by atoms with Gasteiger partial charge in [0.25, 0.3) is 0 Å². The molecule has 2 aromatic rings. The number of hydrogen-bond donors (Lipinski definition) is 1. The van der Waals surface area contributed by atoms with Gasteiger partial charge in [0.1, 0.15) is 0 Å². The molecular formula is C16H21N3O2. The maximum Gasteiger partial charge on any atom is 0.241 e. The molecule has 1 aliphatic rings. The summed E-state index contributed by atoms with van der Waals surface area (Å²) in [5.41, 5.74) is 2.15. The van der Waals surface area contributed by atoms with Crippen molar-refractivity contribution in [1.82, 2.24) is 15.0 Å². The third-order valence-electron chi connectivity index (χ3n) is 4.20. The molecule has 21 heavy (non-hydrogen) atoms. The van der Waals surface area contributed by atoms with Crippen molar-refractivity contribution in [1.29, 1.82) is 0 Å². The number of benzene rings is 1. The second-order valence-electron chi connectivity index (χ2n) is 5.85. The topological polar surface area (TPSA) is 62.4 Å². The molecular weight excluding hydrogens is 266 g/mol. The Labute approximate surface area is 124 Å². The Kier molecular flexibility index (Phi) is 4.03. The van der Waals surface area contributed by atoms with Crippen LogP contribution < -0.4 is 0 Å². The maximum absolute atomic E-state index is 9.64. The Morgan fingerprint density at radius 3 is 2.95 bits per heavy atom. The highest BCUT2D eigenvalue weighted by molar-refractivity contribution is 5.58. The molecule has 0 aliphatic carbocycles. The van der Waals surface area contributed by atoms with E-state index in [-0.39, 0.29) is 6.10 Å². The molecule has 0 saturated carbocycles. The Hall–Kier alpha value is -1.72. The molecule has 112 valence electrons. The first-order valence-corrected chi connectivity index (χ1v) is 7.42.